The maximum absolute atomic E-state index is 12.3. The number of fused-ring (bicyclic) bond motifs is 3. The van der Waals surface area contributed by atoms with E-state index in [0.29, 0.717) is 58.1 Å². The molecule has 0 unspecified atom stereocenters. The van der Waals surface area contributed by atoms with Crippen LogP contribution in [-0.4, -0.2) is 65.4 Å². The second-order valence-corrected chi connectivity index (χ2v) is 13.0. The number of benzene rings is 4. The molecule has 4 aromatic carbocycles. The van der Waals surface area contributed by atoms with Crippen molar-refractivity contribution in [3.63, 3.8) is 0 Å². The van der Waals surface area contributed by atoms with Crippen LogP contribution in [0.1, 0.15) is 51.9 Å². The highest BCUT2D eigenvalue weighted by Gasteiger charge is 2.35. The maximum atomic E-state index is 12.3. The third-order valence-electron chi connectivity index (χ3n) is 10.3. The fourth-order valence-corrected chi connectivity index (χ4v) is 7.63. The van der Waals surface area contributed by atoms with Crippen LogP contribution >= 0.6 is 0 Å². The smallest absolute Gasteiger partial charge is 0.204 e. The van der Waals surface area contributed by atoms with Gasteiger partial charge in [0.1, 0.15) is 11.4 Å². The number of hydrogen-bond donors (Lipinski definition) is 0. The molecular formula is C39H43N3O7. The molecule has 0 saturated heterocycles. The van der Waals surface area contributed by atoms with E-state index in [9.17, 15) is 4.91 Å². The lowest BCUT2D eigenvalue weighted by atomic mass is 9.87. The van der Waals surface area contributed by atoms with Crippen LogP contribution in [0.5, 0.6) is 46.0 Å². The monoisotopic (exact) mass is 665 g/mol. The summed E-state index contributed by atoms with van der Waals surface area (Å²) in [6, 6.07) is 18.0. The number of nitrogens with zero attached hydrogens (tertiary/aromatic N) is 3. The summed E-state index contributed by atoms with van der Waals surface area (Å²) in [5.74, 6) is 4.55. The van der Waals surface area contributed by atoms with E-state index in [1.165, 1.54) is 16.7 Å². The summed E-state index contributed by atoms with van der Waals surface area (Å²) in [5, 5.41) is 3.42. The van der Waals surface area contributed by atoms with Crippen molar-refractivity contribution in [1.29, 1.82) is 0 Å². The lowest BCUT2D eigenvalue weighted by Crippen LogP contribution is -2.34. The first kappa shape index (κ1) is 32.7. The molecule has 4 heterocycles. The van der Waals surface area contributed by atoms with Crippen LogP contribution in [-0.2, 0) is 25.7 Å². The van der Waals surface area contributed by atoms with E-state index in [-0.39, 0.29) is 12.1 Å². The average molecular weight is 666 g/mol. The molecule has 49 heavy (non-hydrogen) atoms. The average Bonchev–Trinajstić information content (AvgIpc) is 3.12. The molecule has 0 amide bonds. The first-order valence-electron chi connectivity index (χ1n) is 16.7. The lowest BCUT2D eigenvalue weighted by Gasteiger charge is -2.37. The van der Waals surface area contributed by atoms with E-state index in [4.69, 9.17) is 28.4 Å². The Kier molecular flexibility index (Phi) is 9.09. The fourth-order valence-electron chi connectivity index (χ4n) is 7.63. The highest BCUT2D eigenvalue weighted by Crippen LogP contribution is 2.52. The molecule has 0 aromatic heterocycles. The largest absolute Gasteiger partial charge is 0.493 e. The summed E-state index contributed by atoms with van der Waals surface area (Å²) < 4.78 is 37.0. The summed E-state index contributed by atoms with van der Waals surface area (Å²) in [4.78, 5) is 17.0. The first-order chi connectivity index (χ1) is 23.8. The Bertz CT molecular complexity index is 1880. The molecule has 256 valence electrons. The van der Waals surface area contributed by atoms with Gasteiger partial charge < -0.3 is 28.4 Å². The minimum absolute atomic E-state index is 0.190. The Morgan fingerprint density at radius 1 is 0.694 bits per heavy atom. The van der Waals surface area contributed by atoms with Crippen molar-refractivity contribution < 1.29 is 28.4 Å². The highest BCUT2D eigenvalue weighted by molar-refractivity contribution is 5.65. The zero-order chi connectivity index (χ0) is 34.2. The van der Waals surface area contributed by atoms with E-state index in [1.807, 2.05) is 24.3 Å². The quantitative estimate of drug-likeness (QED) is 0.197. The van der Waals surface area contributed by atoms with Gasteiger partial charge >= 0.3 is 0 Å². The number of ether oxygens (including phenoxy) is 6. The molecule has 10 heteroatoms. The van der Waals surface area contributed by atoms with Crippen molar-refractivity contribution in [3.05, 3.63) is 92.9 Å². The predicted octanol–water partition coefficient (Wildman–Crippen LogP) is 7.95. The van der Waals surface area contributed by atoms with Crippen LogP contribution in [0.15, 0.2) is 59.8 Å². The number of methoxy groups -OCH3 is 4. The summed E-state index contributed by atoms with van der Waals surface area (Å²) >= 11 is 0. The number of hydrogen-bond acceptors (Lipinski definition) is 10. The number of likely N-dealkylation sites (N-methyl/N-ethyl adjacent to an activating group) is 2. The van der Waals surface area contributed by atoms with Gasteiger partial charge in [-0.15, -0.1) is 4.91 Å². The van der Waals surface area contributed by atoms with Gasteiger partial charge in [-0.25, -0.2) is 0 Å². The summed E-state index contributed by atoms with van der Waals surface area (Å²) in [6.45, 7) is 1.75. The van der Waals surface area contributed by atoms with E-state index in [1.54, 1.807) is 34.5 Å². The Hall–Kier alpha value is -4.80. The molecule has 10 nitrogen and oxygen atoms in total. The molecule has 0 spiro atoms. The van der Waals surface area contributed by atoms with Crippen molar-refractivity contribution in [3.8, 4) is 46.0 Å². The van der Waals surface area contributed by atoms with Crippen molar-refractivity contribution in [1.82, 2.24) is 9.80 Å². The molecule has 0 saturated carbocycles. The lowest BCUT2D eigenvalue weighted by molar-refractivity contribution is 0.217. The van der Waals surface area contributed by atoms with Gasteiger partial charge in [-0.2, -0.15) is 0 Å². The third-order valence-corrected chi connectivity index (χ3v) is 10.3. The molecule has 4 aliphatic rings. The Morgan fingerprint density at radius 2 is 1.35 bits per heavy atom. The van der Waals surface area contributed by atoms with Crippen LogP contribution in [0, 0.1) is 4.91 Å². The normalized spacial score (nSPS) is 18.9. The van der Waals surface area contributed by atoms with Crippen molar-refractivity contribution in [2.75, 3.05) is 55.6 Å². The molecule has 4 aliphatic heterocycles. The van der Waals surface area contributed by atoms with Crippen LogP contribution in [0.3, 0.4) is 0 Å². The summed E-state index contributed by atoms with van der Waals surface area (Å²) in [5.41, 5.74) is 6.78. The highest BCUT2D eigenvalue weighted by atomic mass is 16.5. The molecule has 8 rings (SSSR count). The standard InChI is InChI=1S/C39H43N3O7/c1-41-15-13-24-18-32(44-3)35-21-28(24)30(41)12-9-23-7-10-27(11-8-23)48-34-20-26(29(40-43)22-33(34)45-4)17-31-37-25(14-16-42(31)2)19-36(46-5)38(47-6)39(37)49-35/h7-8,10-11,18-22,30-31H,9,12-17H2,1-6H3/t30-,31-/m0/s1. The van der Waals surface area contributed by atoms with Gasteiger partial charge in [0.2, 0.25) is 5.75 Å². The fraction of sp³-hybridized carbons (Fsp3) is 0.385. The molecule has 2 atom stereocenters. The van der Waals surface area contributed by atoms with E-state index >= 15 is 0 Å². The van der Waals surface area contributed by atoms with Crippen LogP contribution in [0.2, 0.25) is 0 Å². The van der Waals surface area contributed by atoms with E-state index < -0.39 is 0 Å². The molecular weight excluding hydrogens is 622 g/mol. The number of rotatable bonds is 5. The molecule has 0 aliphatic carbocycles. The Morgan fingerprint density at radius 3 is 2.04 bits per heavy atom. The Balaban J connectivity index is 1.47. The van der Waals surface area contributed by atoms with Crippen LogP contribution in [0.4, 0.5) is 5.69 Å². The molecule has 0 N–H and O–H groups in total. The predicted molar refractivity (Wildman–Crippen MR) is 188 cm³/mol. The van der Waals surface area contributed by atoms with Crippen LogP contribution in [0.25, 0.3) is 0 Å². The molecule has 6 bridgehead atoms. The van der Waals surface area contributed by atoms with Gasteiger partial charge in [-0.1, -0.05) is 12.1 Å². The van der Waals surface area contributed by atoms with Gasteiger partial charge in [0, 0.05) is 36.8 Å². The van der Waals surface area contributed by atoms with E-state index in [0.717, 1.165) is 55.5 Å². The molecule has 0 radical (unpaired) electrons. The van der Waals surface area contributed by atoms with Gasteiger partial charge in [-0.05, 0) is 116 Å². The summed E-state index contributed by atoms with van der Waals surface area (Å²) in [6.07, 6.45) is 3.96. The number of nitroso groups, excluding NO2 is 1. The minimum Gasteiger partial charge on any atom is -0.493 e. The number of aryl methyl sites for hydroxylation is 1. The summed E-state index contributed by atoms with van der Waals surface area (Å²) in [7, 11) is 10.8. The molecule has 4 aromatic rings. The van der Waals surface area contributed by atoms with Crippen LogP contribution < -0.4 is 28.4 Å². The van der Waals surface area contributed by atoms with Gasteiger partial charge in [0.25, 0.3) is 0 Å². The second kappa shape index (κ2) is 13.6. The van der Waals surface area contributed by atoms with Crippen molar-refractivity contribution >= 4 is 5.69 Å². The second-order valence-electron chi connectivity index (χ2n) is 13.0. The topological polar surface area (TPSA) is 91.3 Å². The zero-order valence-corrected chi connectivity index (χ0v) is 29.0. The van der Waals surface area contributed by atoms with Gasteiger partial charge in [-0.3, -0.25) is 9.80 Å². The zero-order valence-electron chi connectivity index (χ0n) is 29.0. The minimum atomic E-state index is -0.204. The first-order valence-corrected chi connectivity index (χ1v) is 16.7. The SMILES string of the molecule is COc1cc(N=O)c2cc1Oc1ccc(cc1)CC[C@H]1c3cc(c(OC)cc3CCN1C)Oc1c(OC)c(OC)cc3c1[C@H](C2)N(C)CC3. The maximum Gasteiger partial charge on any atom is 0.204 e. The van der Waals surface area contributed by atoms with Gasteiger partial charge in [0.15, 0.2) is 34.5 Å². The van der Waals surface area contributed by atoms with Crippen molar-refractivity contribution in [2.45, 2.75) is 44.2 Å². The third kappa shape index (κ3) is 6.04. The van der Waals surface area contributed by atoms with Gasteiger partial charge in [0.05, 0.1) is 28.4 Å². The Labute approximate surface area is 287 Å². The molecule has 0 fully saturated rings. The van der Waals surface area contributed by atoms with Crippen molar-refractivity contribution in [2.24, 2.45) is 5.18 Å². The van der Waals surface area contributed by atoms with E-state index in [2.05, 4.69) is 53.3 Å².